The summed E-state index contributed by atoms with van der Waals surface area (Å²) in [5.41, 5.74) is 4.62. The van der Waals surface area contributed by atoms with Crippen molar-refractivity contribution in [1.29, 1.82) is 0 Å². The molecule has 0 bridgehead atoms. The highest BCUT2D eigenvalue weighted by Crippen LogP contribution is 2.23. The second-order valence-electron chi connectivity index (χ2n) is 7.44. The van der Waals surface area contributed by atoms with E-state index in [1.165, 1.54) is 5.69 Å². The van der Waals surface area contributed by atoms with E-state index in [0.29, 0.717) is 12.5 Å². The molecule has 8 nitrogen and oxygen atoms in total. The van der Waals surface area contributed by atoms with Crippen molar-refractivity contribution in [3.63, 3.8) is 0 Å². The topological polar surface area (TPSA) is 91.4 Å². The lowest BCUT2D eigenvalue weighted by Gasteiger charge is -2.28. The summed E-state index contributed by atoms with van der Waals surface area (Å²) >= 11 is 0. The normalized spacial score (nSPS) is 13.6. The molecule has 3 aromatic rings. The summed E-state index contributed by atoms with van der Waals surface area (Å²) in [6.45, 7) is 6.38. The van der Waals surface area contributed by atoms with Gasteiger partial charge in [-0.3, -0.25) is 4.79 Å². The minimum absolute atomic E-state index is 0.0623. The number of nitrogens with one attached hydrogen (secondary N) is 3. The van der Waals surface area contributed by atoms with Crippen molar-refractivity contribution in [1.82, 2.24) is 15.3 Å². The molecule has 0 spiro atoms. The van der Waals surface area contributed by atoms with E-state index in [1.54, 1.807) is 6.20 Å². The number of ether oxygens (including phenoxy) is 1. The fourth-order valence-corrected chi connectivity index (χ4v) is 3.45. The monoisotopic (exact) mass is 432 g/mol. The Hall–Kier alpha value is -3.49. The third-order valence-electron chi connectivity index (χ3n) is 5.16. The van der Waals surface area contributed by atoms with Crippen LogP contribution in [0.15, 0.2) is 60.8 Å². The van der Waals surface area contributed by atoms with Crippen molar-refractivity contribution in [3.8, 4) is 11.3 Å². The molecule has 1 fully saturated rings. The molecule has 2 aromatic carbocycles. The van der Waals surface area contributed by atoms with Crippen LogP contribution in [0.25, 0.3) is 11.3 Å². The first-order valence-electron chi connectivity index (χ1n) is 10.8. The average Bonchev–Trinajstić information content (AvgIpc) is 2.84. The first kappa shape index (κ1) is 21.7. The van der Waals surface area contributed by atoms with Crippen molar-refractivity contribution < 1.29 is 9.53 Å². The number of morpholine rings is 1. The Labute approximate surface area is 188 Å². The lowest BCUT2D eigenvalue weighted by Crippen LogP contribution is -2.36. The number of nitrogens with zero attached hydrogens (tertiary/aromatic N) is 3. The van der Waals surface area contributed by atoms with E-state index >= 15 is 0 Å². The van der Waals surface area contributed by atoms with Gasteiger partial charge in [-0.2, -0.15) is 0 Å². The molecule has 0 saturated carbocycles. The maximum Gasteiger partial charge on any atom is 0.238 e. The Kier molecular flexibility index (Phi) is 7.27. The smallest absolute Gasteiger partial charge is 0.238 e. The van der Waals surface area contributed by atoms with Crippen LogP contribution in [0.5, 0.6) is 0 Å². The lowest BCUT2D eigenvalue weighted by atomic mass is 10.1. The van der Waals surface area contributed by atoms with Crippen molar-refractivity contribution in [3.05, 3.63) is 60.8 Å². The van der Waals surface area contributed by atoms with Crippen LogP contribution in [-0.2, 0) is 9.53 Å². The second-order valence-corrected chi connectivity index (χ2v) is 7.44. The molecule has 166 valence electrons. The SMILES string of the molecule is CCNCC(=O)Nc1ccc(-c2ccnc(Nc3ccc(N4CCOCC4)cc3)n2)cc1. The van der Waals surface area contributed by atoms with Gasteiger partial charge in [-0.05, 0) is 49.0 Å². The molecule has 1 aliphatic rings. The molecule has 0 unspecified atom stereocenters. The molecule has 1 aromatic heterocycles. The standard InChI is InChI=1S/C24H28N6O2/c1-2-25-17-23(31)27-19-5-3-18(4-6-19)22-11-12-26-24(29-22)28-20-7-9-21(10-8-20)30-13-15-32-16-14-30/h3-12,25H,2,13-17H2,1H3,(H,27,31)(H,26,28,29). The van der Waals surface area contributed by atoms with E-state index in [2.05, 4.69) is 43.0 Å². The zero-order valence-corrected chi connectivity index (χ0v) is 18.2. The van der Waals surface area contributed by atoms with Gasteiger partial charge in [0.05, 0.1) is 25.5 Å². The van der Waals surface area contributed by atoms with Crippen molar-refractivity contribution in [2.45, 2.75) is 6.92 Å². The number of benzene rings is 2. The van der Waals surface area contributed by atoms with E-state index in [9.17, 15) is 4.79 Å². The molecule has 2 heterocycles. The van der Waals surface area contributed by atoms with Gasteiger partial charge in [0.15, 0.2) is 0 Å². The van der Waals surface area contributed by atoms with Gasteiger partial charge >= 0.3 is 0 Å². The van der Waals surface area contributed by atoms with Crippen LogP contribution in [0, 0.1) is 0 Å². The average molecular weight is 433 g/mol. The summed E-state index contributed by atoms with van der Waals surface area (Å²) in [5.74, 6) is 0.470. The Morgan fingerprint density at radius 1 is 1.00 bits per heavy atom. The first-order valence-corrected chi connectivity index (χ1v) is 10.8. The van der Waals surface area contributed by atoms with Crippen molar-refractivity contribution in [2.75, 3.05) is 54.9 Å². The highest BCUT2D eigenvalue weighted by Gasteiger charge is 2.11. The van der Waals surface area contributed by atoms with E-state index in [4.69, 9.17) is 4.74 Å². The molecule has 4 rings (SSSR count). The summed E-state index contributed by atoms with van der Waals surface area (Å²) in [6.07, 6.45) is 1.73. The molecule has 1 saturated heterocycles. The molecule has 1 amide bonds. The predicted octanol–water partition coefficient (Wildman–Crippen LogP) is 3.27. The molecular weight excluding hydrogens is 404 g/mol. The van der Waals surface area contributed by atoms with Gasteiger partial charge in [0, 0.05) is 41.9 Å². The molecule has 1 aliphatic heterocycles. The van der Waals surface area contributed by atoms with Crippen molar-refractivity contribution in [2.24, 2.45) is 0 Å². The fraction of sp³-hybridized carbons (Fsp3) is 0.292. The highest BCUT2D eigenvalue weighted by atomic mass is 16.5. The number of carbonyl (C=O) groups excluding carboxylic acids is 1. The molecule has 0 aliphatic carbocycles. The van der Waals surface area contributed by atoms with Gasteiger partial charge in [0.1, 0.15) is 0 Å². The minimum atomic E-state index is -0.0623. The summed E-state index contributed by atoms with van der Waals surface area (Å²) < 4.78 is 5.42. The summed E-state index contributed by atoms with van der Waals surface area (Å²) in [5, 5.41) is 9.15. The minimum Gasteiger partial charge on any atom is -0.378 e. The fourth-order valence-electron chi connectivity index (χ4n) is 3.45. The van der Waals surface area contributed by atoms with Crippen LogP contribution in [0.2, 0.25) is 0 Å². The maximum absolute atomic E-state index is 11.8. The Balaban J connectivity index is 1.39. The molecule has 32 heavy (non-hydrogen) atoms. The predicted molar refractivity (Wildman–Crippen MR) is 127 cm³/mol. The lowest BCUT2D eigenvalue weighted by molar-refractivity contribution is -0.115. The number of hydrogen-bond acceptors (Lipinski definition) is 7. The zero-order valence-electron chi connectivity index (χ0n) is 18.2. The van der Waals surface area contributed by atoms with Crippen LogP contribution >= 0.6 is 0 Å². The number of rotatable bonds is 8. The van der Waals surface area contributed by atoms with Gasteiger partial charge in [-0.15, -0.1) is 0 Å². The van der Waals surface area contributed by atoms with Crippen LogP contribution in [-0.4, -0.2) is 55.3 Å². The third kappa shape index (κ3) is 5.81. The molecule has 8 heteroatoms. The van der Waals surface area contributed by atoms with E-state index < -0.39 is 0 Å². The van der Waals surface area contributed by atoms with E-state index in [0.717, 1.165) is 55.5 Å². The maximum atomic E-state index is 11.8. The summed E-state index contributed by atoms with van der Waals surface area (Å²) in [4.78, 5) is 23.1. The number of amides is 1. The van der Waals surface area contributed by atoms with Crippen LogP contribution in [0.1, 0.15) is 6.92 Å². The first-order chi connectivity index (χ1) is 15.7. The van der Waals surface area contributed by atoms with Gasteiger partial charge in [0.2, 0.25) is 11.9 Å². The number of hydrogen-bond donors (Lipinski definition) is 3. The number of likely N-dealkylation sites (N-methyl/N-ethyl adjacent to an activating group) is 1. The second kappa shape index (κ2) is 10.7. The Morgan fingerprint density at radius 3 is 2.44 bits per heavy atom. The summed E-state index contributed by atoms with van der Waals surface area (Å²) in [6, 6.07) is 17.7. The number of aromatic nitrogens is 2. The van der Waals surface area contributed by atoms with Crippen molar-refractivity contribution >= 4 is 28.9 Å². The molecule has 0 radical (unpaired) electrons. The highest BCUT2D eigenvalue weighted by molar-refractivity contribution is 5.92. The quantitative estimate of drug-likeness (QED) is 0.503. The van der Waals surface area contributed by atoms with E-state index in [1.807, 2.05) is 49.4 Å². The van der Waals surface area contributed by atoms with E-state index in [-0.39, 0.29) is 5.91 Å². The van der Waals surface area contributed by atoms with Crippen LogP contribution in [0.3, 0.4) is 0 Å². The van der Waals surface area contributed by atoms with Crippen LogP contribution in [0.4, 0.5) is 23.0 Å². The summed E-state index contributed by atoms with van der Waals surface area (Å²) in [7, 11) is 0. The Morgan fingerprint density at radius 2 is 1.72 bits per heavy atom. The zero-order chi connectivity index (χ0) is 22.2. The van der Waals surface area contributed by atoms with Gasteiger partial charge < -0.3 is 25.6 Å². The van der Waals surface area contributed by atoms with Gasteiger partial charge in [0.25, 0.3) is 0 Å². The molecule has 3 N–H and O–H groups in total. The number of carbonyl (C=O) groups is 1. The van der Waals surface area contributed by atoms with Crippen LogP contribution < -0.4 is 20.9 Å². The molecule has 0 atom stereocenters. The Bertz CT molecular complexity index is 1020. The number of anilines is 4. The largest absolute Gasteiger partial charge is 0.378 e. The third-order valence-corrected chi connectivity index (χ3v) is 5.16. The molecular formula is C24H28N6O2. The van der Waals surface area contributed by atoms with Gasteiger partial charge in [-0.1, -0.05) is 19.1 Å². The van der Waals surface area contributed by atoms with Gasteiger partial charge in [-0.25, -0.2) is 9.97 Å².